The molecule has 122 valence electrons. The Kier molecular flexibility index (Phi) is 6.95. The van der Waals surface area contributed by atoms with Crippen molar-refractivity contribution < 1.29 is 26.5 Å². The van der Waals surface area contributed by atoms with Gasteiger partial charge in [0.2, 0.25) is 15.9 Å². The summed E-state index contributed by atoms with van der Waals surface area (Å²) in [6.07, 6.45) is 2.09. The van der Waals surface area contributed by atoms with Crippen molar-refractivity contribution in [3.8, 4) is 0 Å². The fourth-order valence-electron chi connectivity index (χ4n) is 1.72. The molecule has 1 aromatic carbocycles. The number of hydrogen-bond donors (Lipinski definition) is 0. The van der Waals surface area contributed by atoms with E-state index in [0.717, 1.165) is 19.4 Å². The maximum Gasteiger partial charge on any atom is 0.266 e. The van der Waals surface area contributed by atoms with Gasteiger partial charge in [0.15, 0.2) is 0 Å². The number of nitrogens with zero attached hydrogens (tertiary/aromatic N) is 1. The third kappa shape index (κ3) is 5.38. The Morgan fingerprint density at radius 3 is 2.45 bits per heavy atom. The first-order chi connectivity index (χ1) is 10.3. The summed E-state index contributed by atoms with van der Waals surface area (Å²) in [6, 6.07) is 8.48. The minimum atomic E-state index is -4.41. The SMILES string of the molecule is CC[n+]1c(C=C(C)OC)sc2ccccc21.COS(=O)(=O)[O-]. The Morgan fingerprint density at radius 2 is 1.95 bits per heavy atom. The van der Waals surface area contributed by atoms with Gasteiger partial charge in [0.25, 0.3) is 5.01 Å². The molecule has 1 heterocycles. The molecule has 6 nitrogen and oxygen atoms in total. The molecule has 0 N–H and O–H groups in total. The van der Waals surface area contributed by atoms with Gasteiger partial charge < -0.3 is 9.29 Å². The highest BCUT2D eigenvalue weighted by Crippen LogP contribution is 2.21. The summed E-state index contributed by atoms with van der Waals surface area (Å²) in [6.45, 7) is 5.12. The number of aryl methyl sites for hydroxylation is 1. The van der Waals surface area contributed by atoms with Gasteiger partial charge in [-0.2, -0.15) is 4.57 Å². The molecule has 0 radical (unpaired) electrons. The Hall–Kier alpha value is -1.48. The zero-order valence-corrected chi connectivity index (χ0v) is 14.5. The third-order valence-electron chi connectivity index (χ3n) is 2.81. The molecule has 2 rings (SSSR count). The minimum Gasteiger partial charge on any atom is -0.726 e. The van der Waals surface area contributed by atoms with Gasteiger partial charge in [0.1, 0.15) is 11.2 Å². The number of aromatic nitrogens is 1. The molecule has 0 saturated carbocycles. The number of ether oxygens (including phenoxy) is 1. The lowest BCUT2D eigenvalue weighted by atomic mass is 10.3. The van der Waals surface area contributed by atoms with Gasteiger partial charge in [0.05, 0.1) is 26.1 Å². The van der Waals surface area contributed by atoms with Crippen LogP contribution < -0.4 is 4.57 Å². The molecule has 1 aromatic heterocycles. The molecule has 0 unspecified atom stereocenters. The zero-order chi connectivity index (χ0) is 16.8. The second-order valence-corrected chi connectivity index (χ2v) is 6.40. The molecule has 0 saturated heterocycles. The predicted molar refractivity (Wildman–Crippen MR) is 85.1 cm³/mol. The molecule has 0 aliphatic rings. The van der Waals surface area contributed by atoms with Crippen molar-refractivity contribution in [2.75, 3.05) is 14.2 Å². The quantitative estimate of drug-likeness (QED) is 0.368. The molecule has 0 aliphatic carbocycles. The van der Waals surface area contributed by atoms with Crippen molar-refractivity contribution in [2.45, 2.75) is 20.4 Å². The summed E-state index contributed by atoms with van der Waals surface area (Å²) in [4.78, 5) is 0. The van der Waals surface area contributed by atoms with Crippen molar-refractivity contribution in [3.63, 3.8) is 0 Å². The van der Waals surface area contributed by atoms with Crippen LogP contribution in [-0.2, 0) is 25.9 Å². The first-order valence-electron chi connectivity index (χ1n) is 6.47. The van der Waals surface area contributed by atoms with E-state index in [1.54, 1.807) is 18.4 Å². The molecule has 8 heteroatoms. The summed E-state index contributed by atoms with van der Waals surface area (Å²) in [5.74, 6) is 0.939. The molecule has 0 fully saturated rings. The number of thiazole rings is 1. The first-order valence-corrected chi connectivity index (χ1v) is 8.62. The van der Waals surface area contributed by atoms with Crippen LogP contribution in [0.3, 0.4) is 0 Å². The van der Waals surface area contributed by atoms with Gasteiger partial charge >= 0.3 is 0 Å². The van der Waals surface area contributed by atoms with Gasteiger partial charge in [-0.1, -0.05) is 23.5 Å². The minimum absolute atomic E-state index is 0.808. The third-order valence-corrected chi connectivity index (χ3v) is 4.33. The molecule has 0 spiro atoms. The lowest BCUT2D eigenvalue weighted by Crippen LogP contribution is -2.33. The normalized spacial score (nSPS) is 12.0. The first kappa shape index (κ1) is 18.6. The second-order valence-electron chi connectivity index (χ2n) is 4.19. The van der Waals surface area contributed by atoms with Crippen LogP contribution in [0.15, 0.2) is 30.0 Å². The Balaban J connectivity index is 0.000000346. The van der Waals surface area contributed by atoms with Gasteiger partial charge in [-0.3, -0.25) is 4.18 Å². The summed E-state index contributed by atoms with van der Waals surface area (Å²) < 4.78 is 39.9. The zero-order valence-electron chi connectivity index (χ0n) is 12.9. The van der Waals surface area contributed by atoms with E-state index in [2.05, 4.69) is 46.0 Å². The number of fused-ring (bicyclic) bond motifs is 1. The molecule has 0 atom stereocenters. The van der Waals surface area contributed by atoms with E-state index in [4.69, 9.17) is 4.74 Å². The number of rotatable bonds is 4. The molecule has 0 aliphatic heterocycles. The van der Waals surface area contributed by atoms with E-state index in [0.29, 0.717) is 0 Å². The van der Waals surface area contributed by atoms with Crippen LogP contribution in [0.1, 0.15) is 18.9 Å². The molecule has 2 aromatic rings. The number of methoxy groups -OCH3 is 1. The summed E-state index contributed by atoms with van der Waals surface area (Å²) in [5.41, 5.74) is 1.30. The Morgan fingerprint density at radius 1 is 1.36 bits per heavy atom. The maximum absolute atomic E-state index is 9.22. The number of para-hydroxylation sites is 1. The van der Waals surface area contributed by atoms with Gasteiger partial charge in [-0.25, -0.2) is 8.42 Å². The lowest BCUT2D eigenvalue weighted by Gasteiger charge is -1.98. The Labute approximate surface area is 134 Å². The fourth-order valence-corrected chi connectivity index (χ4v) is 2.94. The molecular weight excluding hydrogens is 326 g/mol. The number of hydrogen-bond acceptors (Lipinski definition) is 6. The Bertz CT molecular complexity index is 750. The summed E-state index contributed by atoms with van der Waals surface area (Å²) in [7, 11) is -1.90. The second kappa shape index (κ2) is 8.23. The fraction of sp³-hybridized carbons (Fsp3) is 0.357. The van der Waals surface area contributed by atoms with Gasteiger partial charge in [-0.05, 0) is 19.9 Å². The van der Waals surface area contributed by atoms with Crippen LogP contribution in [0.2, 0.25) is 0 Å². The van der Waals surface area contributed by atoms with Crippen molar-refractivity contribution in [3.05, 3.63) is 35.0 Å². The van der Waals surface area contributed by atoms with E-state index in [9.17, 15) is 13.0 Å². The van der Waals surface area contributed by atoms with E-state index in [1.807, 2.05) is 6.92 Å². The van der Waals surface area contributed by atoms with E-state index >= 15 is 0 Å². The van der Waals surface area contributed by atoms with Crippen LogP contribution in [0.5, 0.6) is 0 Å². The average Bonchev–Trinajstić information content (AvgIpc) is 2.83. The molecule has 0 bridgehead atoms. The lowest BCUT2D eigenvalue weighted by molar-refractivity contribution is -0.665. The number of benzene rings is 1. The van der Waals surface area contributed by atoms with E-state index < -0.39 is 10.4 Å². The monoisotopic (exact) mass is 345 g/mol. The van der Waals surface area contributed by atoms with Crippen LogP contribution in [-0.4, -0.2) is 27.2 Å². The summed E-state index contributed by atoms with van der Waals surface area (Å²) >= 11 is 1.80. The van der Waals surface area contributed by atoms with Crippen molar-refractivity contribution >= 4 is 38.0 Å². The average molecular weight is 345 g/mol. The highest BCUT2D eigenvalue weighted by Gasteiger charge is 2.16. The van der Waals surface area contributed by atoms with Crippen molar-refractivity contribution in [1.82, 2.24) is 0 Å². The number of allylic oxidation sites excluding steroid dienone is 1. The van der Waals surface area contributed by atoms with Crippen molar-refractivity contribution in [2.24, 2.45) is 0 Å². The van der Waals surface area contributed by atoms with E-state index in [1.165, 1.54) is 15.2 Å². The summed E-state index contributed by atoms with van der Waals surface area (Å²) in [5, 5.41) is 1.24. The van der Waals surface area contributed by atoms with Crippen LogP contribution in [0.4, 0.5) is 0 Å². The van der Waals surface area contributed by atoms with Gasteiger partial charge in [-0.15, -0.1) is 0 Å². The highest BCUT2D eigenvalue weighted by atomic mass is 32.3. The maximum atomic E-state index is 9.22. The highest BCUT2D eigenvalue weighted by molar-refractivity contribution is 7.80. The van der Waals surface area contributed by atoms with E-state index in [-0.39, 0.29) is 0 Å². The standard InChI is InChI=1S/C13H16NOS.CH4O4S/c1-4-14-11-7-5-6-8-12(11)16-13(14)9-10(2)15-3;1-5-6(2,3)4/h5-9H,4H2,1-3H3;1H3,(H,2,3,4)/q+1;/p-1. The van der Waals surface area contributed by atoms with Gasteiger partial charge in [0, 0.05) is 6.07 Å². The molecular formula is C14H19NO5S2. The topological polar surface area (TPSA) is 79.5 Å². The molecule has 22 heavy (non-hydrogen) atoms. The van der Waals surface area contributed by atoms with Crippen molar-refractivity contribution in [1.29, 1.82) is 0 Å². The smallest absolute Gasteiger partial charge is 0.266 e. The molecule has 0 amide bonds. The van der Waals surface area contributed by atoms with Crippen LogP contribution >= 0.6 is 11.3 Å². The van der Waals surface area contributed by atoms with Crippen LogP contribution in [0, 0.1) is 0 Å². The predicted octanol–water partition coefficient (Wildman–Crippen LogP) is 2.31. The largest absolute Gasteiger partial charge is 0.726 e. The van der Waals surface area contributed by atoms with Crippen LogP contribution in [0.25, 0.3) is 16.3 Å².